The quantitative estimate of drug-likeness (QED) is 0.771. The summed E-state index contributed by atoms with van der Waals surface area (Å²) in [4.78, 5) is 24.0. The Labute approximate surface area is 143 Å². The predicted molar refractivity (Wildman–Crippen MR) is 93.0 cm³/mol. The molecular formula is C17H24ClN3O2. The van der Waals surface area contributed by atoms with E-state index in [1.807, 2.05) is 6.07 Å². The summed E-state index contributed by atoms with van der Waals surface area (Å²) < 4.78 is 0. The van der Waals surface area contributed by atoms with Crippen LogP contribution in [0.2, 0.25) is 0 Å². The molecule has 0 spiro atoms. The van der Waals surface area contributed by atoms with Crippen LogP contribution in [0.4, 0.5) is 5.69 Å². The van der Waals surface area contributed by atoms with Crippen LogP contribution in [-0.4, -0.2) is 31.4 Å². The highest BCUT2D eigenvalue weighted by Crippen LogP contribution is 2.30. The van der Waals surface area contributed by atoms with Gasteiger partial charge in [0.25, 0.3) is 5.91 Å². The van der Waals surface area contributed by atoms with E-state index >= 15 is 0 Å². The standard InChI is InChI=1S/C17H23N3O2.ClH/c21-16(19-11-12-3-2-8-18-10-12)14-4-1-5-15(9-14)20-17(22)13-6-7-13;/h1,4-5,9,12-13,18H,2-3,6-8,10-11H2,(H,19,21)(H,20,22);1H. The van der Waals surface area contributed by atoms with Crippen LogP contribution in [-0.2, 0) is 4.79 Å². The summed E-state index contributed by atoms with van der Waals surface area (Å²) in [5, 5.41) is 9.22. The Kier molecular flexibility index (Phi) is 6.42. The van der Waals surface area contributed by atoms with E-state index in [4.69, 9.17) is 0 Å². The minimum absolute atomic E-state index is 0. The predicted octanol–water partition coefficient (Wildman–Crippen LogP) is 2.19. The van der Waals surface area contributed by atoms with E-state index < -0.39 is 0 Å². The normalized spacial score (nSPS) is 20.3. The van der Waals surface area contributed by atoms with Crippen LogP contribution in [0.15, 0.2) is 24.3 Å². The van der Waals surface area contributed by atoms with Gasteiger partial charge in [-0.05, 0) is 62.9 Å². The molecule has 1 saturated carbocycles. The summed E-state index contributed by atoms with van der Waals surface area (Å²) in [6.07, 6.45) is 4.27. The van der Waals surface area contributed by atoms with Crippen molar-refractivity contribution in [3.63, 3.8) is 0 Å². The second-order valence-corrected chi connectivity index (χ2v) is 6.27. The average molecular weight is 338 g/mol. The molecule has 1 aromatic rings. The number of benzene rings is 1. The van der Waals surface area contributed by atoms with E-state index in [2.05, 4.69) is 16.0 Å². The molecule has 1 saturated heterocycles. The topological polar surface area (TPSA) is 70.2 Å². The zero-order valence-electron chi connectivity index (χ0n) is 13.1. The highest BCUT2D eigenvalue weighted by Gasteiger charge is 2.29. The lowest BCUT2D eigenvalue weighted by Gasteiger charge is -2.22. The minimum Gasteiger partial charge on any atom is -0.352 e. The monoisotopic (exact) mass is 337 g/mol. The maximum Gasteiger partial charge on any atom is 0.251 e. The van der Waals surface area contributed by atoms with Gasteiger partial charge in [0.2, 0.25) is 5.91 Å². The summed E-state index contributed by atoms with van der Waals surface area (Å²) in [5.41, 5.74) is 1.29. The number of hydrogen-bond donors (Lipinski definition) is 3. The van der Waals surface area contributed by atoms with E-state index in [0.29, 0.717) is 23.7 Å². The summed E-state index contributed by atoms with van der Waals surface area (Å²) in [6.45, 7) is 2.75. The van der Waals surface area contributed by atoms with E-state index in [9.17, 15) is 9.59 Å². The van der Waals surface area contributed by atoms with Crippen LogP contribution in [0.25, 0.3) is 0 Å². The number of amides is 2. The third kappa shape index (κ3) is 5.22. The first-order valence-electron chi connectivity index (χ1n) is 8.12. The highest BCUT2D eigenvalue weighted by molar-refractivity contribution is 5.98. The second-order valence-electron chi connectivity index (χ2n) is 6.27. The van der Waals surface area contributed by atoms with Gasteiger partial charge in [0.05, 0.1) is 0 Å². The van der Waals surface area contributed by atoms with Crippen molar-refractivity contribution in [1.82, 2.24) is 10.6 Å². The molecule has 0 aromatic heterocycles. The van der Waals surface area contributed by atoms with Gasteiger partial charge in [-0.25, -0.2) is 0 Å². The SMILES string of the molecule is Cl.O=C(NCC1CCCNC1)c1cccc(NC(=O)C2CC2)c1. The molecule has 6 heteroatoms. The number of nitrogens with one attached hydrogen (secondary N) is 3. The van der Waals surface area contributed by atoms with E-state index in [1.165, 1.54) is 6.42 Å². The molecule has 3 rings (SSSR count). The Morgan fingerprint density at radius 1 is 1.22 bits per heavy atom. The van der Waals surface area contributed by atoms with Crippen molar-refractivity contribution >= 4 is 29.9 Å². The van der Waals surface area contributed by atoms with Gasteiger partial charge in [0.15, 0.2) is 0 Å². The largest absolute Gasteiger partial charge is 0.352 e. The Hall–Kier alpha value is -1.59. The van der Waals surface area contributed by atoms with Crippen molar-refractivity contribution in [2.45, 2.75) is 25.7 Å². The maximum atomic E-state index is 12.2. The first-order chi connectivity index (χ1) is 10.7. The van der Waals surface area contributed by atoms with Gasteiger partial charge in [0.1, 0.15) is 0 Å². The Bertz CT molecular complexity index is 555. The van der Waals surface area contributed by atoms with Gasteiger partial charge in [-0.15, -0.1) is 12.4 Å². The molecule has 2 aliphatic rings. The molecule has 2 fully saturated rings. The Morgan fingerprint density at radius 2 is 2.04 bits per heavy atom. The van der Waals surface area contributed by atoms with Crippen molar-refractivity contribution < 1.29 is 9.59 Å². The molecule has 126 valence electrons. The van der Waals surface area contributed by atoms with Gasteiger partial charge in [-0.1, -0.05) is 6.07 Å². The zero-order chi connectivity index (χ0) is 15.4. The number of hydrogen-bond acceptors (Lipinski definition) is 3. The van der Waals surface area contributed by atoms with Crippen LogP contribution in [0, 0.1) is 11.8 Å². The lowest BCUT2D eigenvalue weighted by atomic mass is 9.99. The number of carbonyl (C=O) groups is 2. The molecule has 2 amide bonds. The van der Waals surface area contributed by atoms with Gasteiger partial charge in [0, 0.05) is 23.7 Å². The zero-order valence-corrected chi connectivity index (χ0v) is 14.0. The summed E-state index contributed by atoms with van der Waals surface area (Å²) in [6, 6.07) is 7.15. The molecule has 1 atom stereocenters. The Morgan fingerprint density at radius 3 is 2.74 bits per heavy atom. The van der Waals surface area contributed by atoms with Crippen LogP contribution >= 0.6 is 12.4 Å². The number of halogens is 1. The molecule has 5 nitrogen and oxygen atoms in total. The van der Waals surface area contributed by atoms with Crippen LogP contribution in [0.1, 0.15) is 36.0 Å². The molecule has 0 bridgehead atoms. The molecule has 1 heterocycles. The van der Waals surface area contributed by atoms with Crippen molar-refractivity contribution in [2.75, 3.05) is 25.0 Å². The average Bonchev–Trinajstić information content (AvgIpc) is 3.39. The van der Waals surface area contributed by atoms with Gasteiger partial charge >= 0.3 is 0 Å². The fraction of sp³-hybridized carbons (Fsp3) is 0.529. The van der Waals surface area contributed by atoms with Crippen molar-refractivity contribution in [3.05, 3.63) is 29.8 Å². The lowest BCUT2D eigenvalue weighted by molar-refractivity contribution is -0.117. The second kappa shape index (κ2) is 8.31. The number of anilines is 1. The number of piperidine rings is 1. The fourth-order valence-electron chi connectivity index (χ4n) is 2.77. The maximum absolute atomic E-state index is 12.2. The Balaban J connectivity index is 0.00000192. The van der Waals surface area contributed by atoms with Crippen LogP contribution in [0.3, 0.4) is 0 Å². The van der Waals surface area contributed by atoms with Crippen molar-refractivity contribution in [3.8, 4) is 0 Å². The first-order valence-corrected chi connectivity index (χ1v) is 8.12. The lowest BCUT2D eigenvalue weighted by Crippen LogP contribution is -2.38. The molecule has 1 aliphatic carbocycles. The van der Waals surface area contributed by atoms with Crippen molar-refractivity contribution in [2.24, 2.45) is 11.8 Å². The van der Waals surface area contributed by atoms with E-state index in [-0.39, 0.29) is 30.1 Å². The van der Waals surface area contributed by atoms with E-state index in [0.717, 1.165) is 32.4 Å². The summed E-state index contributed by atoms with van der Waals surface area (Å²) in [5.74, 6) is 0.658. The molecule has 3 N–H and O–H groups in total. The smallest absolute Gasteiger partial charge is 0.251 e. The molecule has 1 aliphatic heterocycles. The molecule has 1 aromatic carbocycles. The van der Waals surface area contributed by atoms with Gasteiger partial charge < -0.3 is 16.0 Å². The van der Waals surface area contributed by atoms with Crippen LogP contribution in [0.5, 0.6) is 0 Å². The summed E-state index contributed by atoms with van der Waals surface area (Å²) >= 11 is 0. The number of carbonyl (C=O) groups excluding carboxylic acids is 2. The van der Waals surface area contributed by atoms with Crippen molar-refractivity contribution in [1.29, 1.82) is 0 Å². The summed E-state index contributed by atoms with van der Waals surface area (Å²) in [7, 11) is 0. The third-order valence-corrected chi connectivity index (χ3v) is 4.29. The van der Waals surface area contributed by atoms with Gasteiger partial charge in [-0.3, -0.25) is 9.59 Å². The molecule has 23 heavy (non-hydrogen) atoms. The molecular weight excluding hydrogens is 314 g/mol. The van der Waals surface area contributed by atoms with Crippen LogP contribution < -0.4 is 16.0 Å². The van der Waals surface area contributed by atoms with E-state index in [1.54, 1.807) is 18.2 Å². The third-order valence-electron chi connectivity index (χ3n) is 4.29. The fourth-order valence-corrected chi connectivity index (χ4v) is 2.77. The molecule has 0 radical (unpaired) electrons. The first kappa shape index (κ1) is 17.8. The highest BCUT2D eigenvalue weighted by atomic mass is 35.5. The minimum atomic E-state index is -0.0758. The number of rotatable bonds is 5. The molecule has 1 unspecified atom stereocenters. The van der Waals surface area contributed by atoms with Gasteiger partial charge in [-0.2, -0.15) is 0 Å².